The van der Waals surface area contributed by atoms with Gasteiger partial charge in [-0.15, -0.1) is 0 Å². The van der Waals surface area contributed by atoms with E-state index in [2.05, 4.69) is 11.7 Å². The van der Waals surface area contributed by atoms with Crippen molar-refractivity contribution in [3.05, 3.63) is 0 Å². The zero-order valence-corrected chi connectivity index (χ0v) is 17.5. The number of nitrogens with zero attached hydrogens (tertiary/aromatic N) is 1. The first-order chi connectivity index (χ1) is 12.1. The highest BCUT2D eigenvalue weighted by molar-refractivity contribution is 7.47. The molecule has 0 rings (SSSR count). The van der Waals surface area contributed by atoms with E-state index in [0.717, 1.165) is 25.7 Å². The number of ether oxygens (including phenoxy) is 3. The van der Waals surface area contributed by atoms with E-state index in [1.54, 1.807) is 0 Å². The van der Waals surface area contributed by atoms with Crippen LogP contribution >= 0.6 is 7.82 Å². The lowest BCUT2D eigenvalue weighted by atomic mass is 10.2. The maximum atomic E-state index is 11.9. The highest BCUT2D eigenvalue weighted by atomic mass is 31.2. The summed E-state index contributed by atoms with van der Waals surface area (Å²) in [7, 11) is 2.75. The number of carbonyl (C=O) groups is 1. The van der Waals surface area contributed by atoms with Gasteiger partial charge in [0.2, 0.25) is 0 Å². The van der Waals surface area contributed by atoms with E-state index in [4.69, 9.17) is 18.5 Å². The number of hydrogen-bond donors (Lipinski definition) is 1. The standard InChI is InChI=1S/C16H34NO8P/c1-6-7-8-9-11-22-13-15(25-16(18)21-5)14-24-26(19,20)23-12-10-17(2,3)4/h15H,6-14H2,1-5H3/p+1. The Labute approximate surface area is 156 Å². The Morgan fingerprint density at radius 3 is 2.35 bits per heavy atom. The number of hydrogen-bond acceptors (Lipinski definition) is 7. The van der Waals surface area contributed by atoms with Crippen LogP contribution in [0.1, 0.15) is 32.6 Å². The number of quaternary nitrogens is 1. The van der Waals surface area contributed by atoms with Gasteiger partial charge in [-0.1, -0.05) is 26.2 Å². The van der Waals surface area contributed by atoms with E-state index in [1.165, 1.54) is 7.11 Å². The van der Waals surface area contributed by atoms with Gasteiger partial charge in [0.15, 0.2) is 6.10 Å². The van der Waals surface area contributed by atoms with Gasteiger partial charge in [-0.25, -0.2) is 9.36 Å². The van der Waals surface area contributed by atoms with Gasteiger partial charge in [-0.3, -0.25) is 9.05 Å². The Hall–Kier alpha value is -0.700. The molecule has 0 aromatic carbocycles. The van der Waals surface area contributed by atoms with Gasteiger partial charge < -0.3 is 23.6 Å². The molecule has 0 saturated carbocycles. The van der Waals surface area contributed by atoms with Crippen LogP contribution in [0.3, 0.4) is 0 Å². The van der Waals surface area contributed by atoms with Crippen molar-refractivity contribution in [2.24, 2.45) is 0 Å². The van der Waals surface area contributed by atoms with Gasteiger partial charge in [-0.2, -0.15) is 0 Å². The number of rotatable bonds is 15. The SMILES string of the molecule is CCCCCCOCC(COP(=O)(O)OCC[N+](C)(C)C)OC(=O)OC. The lowest BCUT2D eigenvalue weighted by molar-refractivity contribution is -0.870. The van der Waals surface area contributed by atoms with Crippen molar-refractivity contribution in [1.82, 2.24) is 0 Å². The smallest absolute Gasteiger partial charge is 0.438 e. The summed E-state index contributed by atoms with van der Waals surface area (Å²) in [6.07, 6.45) is 2.44. The molecule has 0 saturated heterocycles. The number of carbonyl (C=O) groups excluding carboxylic acids is 1. The summed E-state index contributed by atoms with van der Waals surface area (Å²) in [5, 5.41) is 0. The Bertz CT molecular complexity index is 427. The van der Waals surface area contributed by atoms with E-state index in [0.29, 0.717) is 17.6 Å². The number of methoxy groups -OCH3 is 1. The summed E-state index contributed by atoms with van der Waals surface area (Å²) in [4.78, 5) is 21.0. The first kappa shape index (κ1) is 25.3. The predicted octanol–water partition coefficient (Wildman–Crippen LogP) is 2.57. The Kier molecular flexibility index (Phi) is 13.1. The molecule has 0 aliphatic carbocycles. The van der Waals surface area contributed by atoms with E-state index in [1.807, 2.05) is 21.1 Å². The van der Waals surface area contributed by atoms with E-state index in [-0.39, 0.29) is 19.8 Å². The molecule has 0 heterocycles. The highest BCUT2D eigenvalue weighted by Crippen LogP contribution is 2.43. The molecule has 0 aliphatic heterocycles. The second-order valence-corrected chi connectivity index (χ2v) is 8.39. The zero-order chi connectivity index (χ0) is 20.1. The van der Waals surface area contributed by atoms with Crippen molar-refractivity contribution in [2.75, 3.05) is 61.2 Å². The second kappa shape index (κ2) is 13.5. The van der Waals surface area contributed by atoms with Crippen LogP contribution in [0.4, 0.5) is 4.79 Å². The maximum Gasteiger partial charge on any atom is 0.508 e. The maximum absolute atomic E-state index is 11.9. The average Bonchev–Trinajstić information content (AvgIpc) is 2.53. The van der Waals surface area contributed by atoms with Crippen molar-refractivity contribution in [2.45, 2.75) is 38.7 Å². The Morgan fingerprint density at radius 2 is 1.77 bits per heavy atom. The summed E-state index contributed by atoms with van der Waals surface area (Å²) in [6, 6.07) is 0. The minimum Gasteiger partial charge on any atom is -0.438 e. The fraction of sp³-hybridized carbons (Fsp3) is 0.938. The van der Waals surface area contributed by atoms with Gasteiger partial charge in [-0.05, 0) is 6.42 Å². The fourth-order valence-electron chi connectivity index (χ4n) is 1.79. The Balaban J connectivity index is 4.29. The average molecular weight is 400 g/mol. The largest absolute Gasteiger partial charge is 0.508 e. The van der Waals surface area contributed by atoms with Crippen molar-refractivity contribution in [1.29, 1.82) is 0 Å². The molecule has 10 heteroatoms. The molecule has 1 N–H and O–H groups in total. The molecule has 0 aromatic rings. The van der Waals surface area contributed by atoms with Gasteiger partial charge in [0.25, 0.3) is 0 Å². The van der Waals surface area contributed by atoms with Gasteiger partial charge >= 0.3 is 14.0 Å². The Morgan fingerprint density at radius 1 is 1.08 bits per heavy atom. The van der Waals surface area contributed by atoms with Crippen LogP contribution in [0.2, 0.25) is 0 Å². The normalized spacial score (nSPS) is 15.3. The van der Waals surface area contributed by atoms with Crippen molar-refractivity contribution in [3.63, 3.8) is 0 Å². The molecule has 0 spiro atoms. The summed E-state index contributed by atoms with van der Waals surface area (Å²) in [5.74, 6) is 0. The molecule has 2 atom stereocenters. The van der Waals surface area contributed by atoms with Crippen LogP contribution in [0.25, 0.3) is 0 Å². The molecule has 0 radical (unpaired) electrons. The monoisotopic (exact) mass is 400 g/mol. The molecule has 2 unspecified atom stereocenters. The lowest BCUT2D eigenvalue weighted by Crippen LogP contribution is -2.37. The van der Waals surface area contributed by atoms with Crippen LogP contribution in [0.15, 0.2) is 0 Å². The lowest BCUT2D eigenvalue weighted by Gasteiger charge is -2.24. The summed E-state index contributed by atoms with van der Waals surface area (Å²) in [6.45, 7) is 2.94. The van der Waals surface area contributed by atoms with Gasteiger partial charge in [0, 0.05) is 6.61 Å². The van der Waals surface area contributed by atoms with Crippen LogP contribution in [0, 0.1) is 0 Å². The van der Waals surface area contributed by atoms with E-state index in [9.17, 15) is 14.3 Å². The molecule has 0 aromatic heterocycles. The molecule has 9 nitrogen and oxygen atoms in total. The molecule has 0 aliphatic rings. The number of phosphoric acid groups is 1. The molecule has 0 bridgehead atoms. The third-order valence-corrected chi connectivity index (χ3v) is 4.30. The molecular formula is C16H35NO8P+. The number of phosphoric ester groups is 1. The van der Waals surface area contributed by atoms with Crippen LogP contribution in [-0.2, 0) is 27.8 Å². The molecule has 0 amide bonds. The first-order valence-electron chi connectivity index (χ1n) is 8.84. The van der Waals surface area contributed by atoms with Crippen molar-refractivity contribution >= 4 is 14.0 Å². The topological polar surface area (TPSA) is 101 Å². The van der Waals surface area contributed by atoms with E-state index >= 15 is 0 Å². The highest BCUT2D eigenvalue weighted by Gasteiger charge is 2.26. The summed E-state index contributed by atoms with van der Waals surface area (Å²) in [5.41, 5.74) is 0. The molecule has 26 heavy (non-hydrogen) atoms. The number of likely N-dealkylation sites (N-methyl/N-ethyl adjacent to an activating group) is 1. The second-order valence-electron chi connectivity index (χ2n) is 6.94. The number of unbranched alkanes of at least 4 members (excludes halogenated alkanes) is 3. The van der Waals surface area contributed by atoms with Crippen LogP contribution in [-0.4, -0.2) is 82.9 Å². The summed E-state index contributed by atoms with van der Waals surface area (Å²) < 4.78 is 37.2. The third-order valence-electron chi connectivity index (χ3n) is 3.32. The molecular weight excluding hydrogens is 365 g/mol. The van der Waals surface area contributed by atoms with E-state index < -0.39 is 20.1 Å². The van der Waals surface area contributed by atoms with Crippen molar-refractivity contribution < 1.29 is 42.0 Å². The molecule has 156 valence electrons. The predicted molar refractivity (Wildman–Crippen MR) is 96.9 cm³/mol. The van der Waals surface area contributed by atoms with Crippen molar-refractivity contribution in [3.8, 4) is 0 Å². The summed E-state index contributed by atoms with van der Waals surface area (Å²) >= 11 is 0. The van der Waals surface area contributed by atoms with Crippen LogP contribution < -0.4 is 0 Å². The third kappa shape index (κ3) is 15.5. The van der Waals surface area contributed by atoms with Gasteiger partial charge in [0.05, 0.1) is 41.5 Å². The van der Waals surface area contributed by atoms with Crippen LogP contribution in [0.5, 0.6) is 0 Å². The van der Waals surface area contributed by atoms with Gasteiger partial charge in [0.1, 0.15) is 13.2 Å². The first-order valence-corrected chi connectivity index (χ1v) is 10.3. The minimum atomic E-state index is -4.24. The molecule has 0 fully saturated rings. The minimum absolute atomic E-state index is 0.0418. The quantitative estimate of drug-likeness (QED) is 0.194. The zero-order valence-electron chi connectivity index (χ0n) is 16.6. The fourth-order valence-corrected chi connectivity index (χ4v) is 2.53.